The van der Waals surface area contributed by atoms with Gasteiger partial charge in [0.1, 0.15) is 12.4 Å². The molecule has 3 aromatic rings. The van der Waals surface area contributed by atoms with Gasteiger partial charge in [-0.15, -0.1) is 0 Å². The molecule has 1 amide bonds. The molecule has 9 heteroatoms. The summed E-state index contributed by atoms with van der Waals surface area (Å²) in [6, 6.07) is 1.71. The fourth-order valence-electron chi connectivity index (χ4n) is 2.83. The van der Waals surface area contributed by atoms with Crippen LogP contribution >= 0.6 is 11.6 Å². The fraction of sp³-hybridized carbons (Fsp3) is 0.412. The maximum atomic E-state index is 12.6. The Morgan fingerprint density at radius 3 is 2.50 bits per heavy atom. The number of hydrogen-bond acceptors (Lipinski definition) is 4. The van der Waals surface area contributed by atoms with Crippen LogP contribution in [0.3, 0.4) is 0 Å². The molecule has 0 aliphatic rings. The fourth-order valence-corrected chi connectivity index (χ4v) is 2.97. The van der Waals surface area contributed by atoms with Crippen molar-refractivity contribution in [1.82, 2.24) is 34.2 Å². The number of aryl methyl sites for hydroxylation is 3. The normalized spacial score (nSPS) is 11.2. The van der Waals surface area contributed by atoms with E-state index in [2.05, 4.69) is 15.3 Å². The summed E-state index contributed by atoms with van der Waals surface area (Å²) >= 11 is 6.17. The molecule has 0 unspecified atom stereocenters. The van der Waals surface area contributed by atoms with E-state index in [0.717, 1.165) is 22.6 Å². The maximum Gasteiger partial charge on any atom is 0.274 e. The van der Waals surface area contributed by atoms with E-state index in [1.54, 1.807) is 38.3 Å². The summed E-state index contributed by atoms with van der Waals surface area (Å²) in [4.78, 5) is 14.3. The first kappa shape index (κ1) is 18.2. The van der Waals surface area contributed by atoms with Crippen LogP contribution in [0, 0.1) is 20.8 Å². The van der Waals surface area contributed by atoms with Crippen molar-refractivity contribution >= 4 is 17.5 Å². The van der Waals surface area contributed by atoms with Crippen LogP contribution in [0.25, 0.3) is 0 Å². The van der Waals surface area contributed by atoms with Gasteiger partial charge < -0.3 is 4.90 Å². The SMILES string of the molecule is Cc1nn(C)cc1CN(C)C(=O)c1ccn(Cn2nc(C)c(Cl)c2C)n1. The number of halogens is 1. The lowest BCUT2D eigenvalue weighted by molar-refractivity contribution is 0.0778. The van der Waals surface area contributed by atoms with Crippen LogP contribution in [0.5, 0.6) is 0 Å². The van der Waals surface area contributed by atoms with Crippen molar-refractivity contribution in [1.29, 1.82) is 0 Å². The summed E-state index contributed by atoms with van der Waals surface area (Å²) in [6.45, 7) is 6.58. The Bertz CT molecular complexity index is 953. The topological polar surface area (TPSA) is 73.8 Å². The first-order chi connectivity index (χ1) is 12.3. The number of nitrogens with zero attached hydrogens (tertiary/aromatic N) is 7. The molecular formula is C17H22ClN7O. The lowest BCUT2D eigenvalue weighted by Gasteiger charge is -2.15. The van der Waals surface area contributed by atoms with Crippen molar-refractivity contribution in [3.8, 4) is 0 Å². The van der Waals surface area contributed by atoms with Gasteiger partial charge in [0.05, 0.1) is 22.1 Å². The van der Waals surface area contributed by atoms with Crippen molar-refractivity contribution in [2.45, 2.75) is 34.0 Å². The predicted molar refractivity (Wildman–Crippen MR) is 98.1 cm³/mol. The molecule has 0 N–H and O–H groups in total. The van der Waals surface area contributed by atoms with Crippen molar-refractivity contribution in [3.63, 3.8) is 0 Å². The molecular weight excluding hydrogens is 354 g/mol. The second-order valence-electron chi connectivity index (χ2n) is 6.44. The zero-order valence-electron chi connectivity index (χ0n) is 15.6. The van der Waals surface area contributed by atoms with Gasteiger partial charge in [-0.05, 0) is 26.8 Å². The van der Waals surface area contributed by atoms with E-state index in [1.165, 1.54) is 0 Å². The highest BCUT2D eigenvalue weighted by atomic mass is 35.5. The summed E-state index contributed by atoms with van der Waals surface area (Å²) in [5.41, 5.74) is 3.97. The van der Waals surface area contributed by atoms with Gasteiger partial charge in [0.2, 0.25) is 0 Å². The Morgan fingerprint density at radius 1 is 1.19 bits per heavy atom. The summed E-state index contributed by atoms with van der Waals surface area (Å²) in [6.07, 6.45) is 3.69. The highest BCUT2D eigenvalue weighted by Crippen LogP contribution is 2.19. The zero-order valence-corrected chi connectivity index (χ0v) is 16.3. The average Bonchev–Trinajstić information content (AvgIpc) is 3.24. The second-order valence-corrected chi connectivity index (χ2v) is 6.82. The van der Waals surface area contributed by atoms with Gasteiger partial charge in [-0.1, -0.05) is 11.6 Å². The van der Waals surface area contributed by atoms with E-state index >= 15 is 0 Å². The molecule has 0 atom stereocenters. The molecule has 3 aromatic heterocycles. The van der Waals surface area contributed by atoms with Crippen LogP contribution in [-0.4, -0.2) is 47.2 Å². The molecule has 0 aromatic carbocycles. The molecule has 0 aliphatic carbocycles. The Hall–Kier alpha value is -2.61. The number of carbonyl (C=O) groups excluding carboxylic acids is 1. The highest BCUT2D eigenvalue weighted by molar-refractivity contribution is 6.31. The summed E-state index contributed by atoms with van der Waals surface area (Å²) < 4.78 is 5.19. The Balaban J connectivity index is 1.71. The van der Waals surface area contributed by atoms with Crippen LogP contribution in [0.4, 0.5) is 0 Å². The molecule has 3 heterocycles. The molecule has 0 spiro atoms. The summed E-state index contributed by atoms with van der Waals surface area (Å²) in [5, 5.41) is 13.7. The molecule has 0 saturated heterocycles. The first-order valence-corrected chi connectivity index (χ1v) is 8.61. The van der Waals surface area contributed by atoms with Crippen LogP contribution < -0.4 is 0 Å². The van der Waals surface area contributed by atoms with Crippen LogP contribution in [0.15, 0.2) is 18.5 Å². The van der Waals surface area contributed by atoms with Gasteiger partial charge >= 0.3 is 0 Å². The van der Waals surface area contributed by atoms with Gasteiger partial charge in [0, 0.05) is 38.6 Å². The molecule has 0 saturated carbocycles. The van der Waals surface area contributed by atoms with E-state index < -0.39 is 0 Å². The van der Waals surface area contributed by atoms with Crippen LogP contribution in [0.1, 0.15) is 33.1 Å². The number of amides is 1. The smallest absolute Gasteiger partial charge is 0.274 e. The van der Waals surface area contributed by atoms with Crippen molar-refractivity contribution in [2.75, 3.05) is 7.05 Å². The molecule has 0 radical (unpaired) electrons. The van der Waals surface area contributed by atoms with Crippen molar-refractivity contribution < 1.29 is 4.79 Å². The maximum absolute atomic E-state index is 12.6. The average molecular weight is 376 g/mol. The van der Waals surface area contributed by atoms with Gasteiger partial charge in [0.25, 0.3) is 5.91 Å². The quantitative estimate of drug-likeness (QED) is 0.685. The third kappa shape index (κ3) is 3.50. The van der Waals surface area contributed by atoms with E-state index in [-0.39, 0.29) is 5.91 Å². The minimum absolute atomic E-state index is 0.140. The van der Waals surface area contributed by atoms with E-state index in [9.17, 15) is 4.79 Å². The Kier molecular flexibility index (Phi) is 4.86. The first-order valence-electron chi connectivity index (χ1n) is 8.23. The van der Waals surface area contributed by atoms with Gasteiger partial charge in [-0.3, -0.25) is 14.2 Å². The van der Waals surface area contributed by atoms with E-state index in [0.29, 0.717) is 23.9 Å². The van der Waals surface area contributed by atoms with E-state index in [1.807, 2.05) is 34.0 Å². The van der Waals surface area contributed by atoms with Crippen molar-refractivity contribution in [3.05, 3.63) is 51.8 Å². The van der Waals surface area contributed by atoms with Gasteiger partial charge in [-0.25, -0.2) is 4.68 Å². The van der Waals surface area contributed by atoms with Gasteiger partial charge in [0.15, 0.2) is 0 Å². The number of rotatable bonds is 5. The monoisotopic (exact) mass is 375 g/mol. The summed E-state index contributed by atoms with van der Waals surface area (Å²) in [5.74, 6) is -0.140. The molecule has 138 valence electrons. The minimum atomic E-state index is -0.140. The Labute approximate surface area is 157 Å². The third-order valence-corrected chi connectivity index (χ3v) is 4.85. The summed E-state index contributed by atoms with van der Waals surface area (Å²) in [7, 11) is 3.62. The van der Waals surface area contributed by atoms with Gasteiger partial charge in [-0.2, -0.15) is 15.3 Å². The molecule has 0 aliphatic heterocycles. The largest absolute Gasteiger partial charge is 0.336 e. The molecule has 0 fully saturated rings. The number of hydrogen-bond donors (Lipinski definition) is 0. The highest BCUT2D eigenvalue weighted by Gasteiger charge is 2.17. The number of aromatic nitrogens is 6. The lowest BCUT2D eigenvalue weighted by atomic mass is 10.2. The zero-order chi connectivity index (χ0) is 19.0. The second kappa shape index (κ2) is 6.95. The molecule has 0 bridgehead atoms. The van der Waals surface area contributed by atoms with E-state index in [4.69, 9.17) is 11.6 Å². The molecule has 26 heavy (non-hydrogen) atoms. The molecule has 3 rings (SSSR count). The van der Waals surface area contributed by atoms with Crippen molar-refractivity contribution in [2.24, 2.45) is 7.05 Å². The third-order valence-electron chi connectivity index (χ3n) is 4.30. The Morgan fingerprint density at radius 2 is 1.92 bits per heavy atom. The standard InChI is InChI=1S/C17H22ClN7O/c1-11-14(9-23(5)19-11)8-22(4)17(26)15-6-7-24(21-15)10-25-13(3)16(18)12(2)20-25/h6-7,9H,8,10H2,1-5H3. The van der Waals surface area contributed by atoms with Crippen LogP contribution in [0.2, 0.25) is 5.02 Å². The lowest BCUT2D eigenvalue weighted by Crippen LogP contribution is -2.27. The predicted octanol–water partition coefficient (Wildman–Crippen LogP) is 2.17. The van der Waals surface area contributed by atoms with Crippen LogP contribution in [-0.2, 0) is 20.3 Å². The minimum Gasteiger partial charge on any atom is -0.336 e. The number of carbonyl (C=O) groups is 1. The molecule has 8 nitrogen and oxygen atoms in total.